The van der Waals surface area contributed by atoms with Gasteiger partial charge in [0.15, 0.2) is 0 Å². The molecule has 1 aromatic heterocycles. The normalized spacial score (nSPS) is 10.3. The van der Waals surface area contributed by atoms with Crippen molar-refractivity contribution in [3.05, 3.63) is 58.0 Å². The molecule has 1 aromatic carbocycles. The Bertz CT molecular complexity index is 644. The molecule has 0 radical (unpaired) electrons. The van der Waals surface area contributed by atoms with Crippen LogP contribution in [-0.2, 0) is 11.2 Å². The summed E-state index contributed by atoms with van der Waals surface area (Å²) in [6.45, 7) is 0.942. The topological polar surface area (TPSA) is 58.2 Å². The van der Waals surface area contributed by atoms with Crippen LogP contribution in [0.4, 0.5) is 4.39 Å². The number of carbonyl (C=O) groups is 2. The van der Waals surface area contributed by atoms with Crippen molar-refractivity contribution < 1.29 is 14.0 Å². The third kappa shape index (κ3) is 6.20. The van der Waals surface area contributed by atoms with Gasteiger partial charge in [-0.2, -0.15) is 0 Å². The molecule has 0 fully saturated rings. The summed E-state index contributed by atoms with van der Waals surface area (Å²) in [5, 5.41) is 7.42. The summed E-state index contributed by atoms with van der Waals surface area (Å²) in [5.41, 5.74) is 0.855. The van der Waals surface area contributed by atoms with Gasteiger partial charge in [-0.05, 0) is 42.0 Å². The number of amides is 2. The lowest BCUT2D eigenvalue weighted by Gasteiger charge is -2.06. The van der Waals surface area contributed by atoms with Gasteiger partial charge in [0.25, 0.3) is 5.91 Å². The highest BCUT2D eigenvalue weighted by atomic mass is 32.1. The number of carbonyl (C=O) groups excluding carboxylic acids is 2. The lowest BCUT2D eigenvalue weighted by Crippen LogP contribution is -2.28. The van der Waals surface area contributed by atoms with Crippen molar-refractivity contribution in [2.45, 2.75) is 19.3 Å². The number of thiophene rings is 1. The van der Waals surface area contributed by atoms with Crippen LogP contribution in [0.1, 0.15) is 28.1 Å². The lowest BCUT2D eigenvalue weighted by molar-refractivity contribution is -0.121. The van der Waals surface area contributed by atoms with Gasteiger partial charge in [0.2, 0.25) is 5.91 Å². The standard InChI is InChI=1S/C17H19FN2O2S/c18-14-5-1-4-13(12-14)8-10-19-16(21)7-2-9-20-17(22)15-6-3-11-23-15/h1,3-6,11-12H,2,7-10H2,(H,19,21)(H,20,22). The van der Waals surface area contributed by atoms with Crippen LogP contribution < -0.4 is 10.6 Å². The van der Waals surface area contributed by atoms with Crippen molar-refractivity contribution in [3.8, 4) is 0 Å². The quantitative estimate of drug-likeness (QED) is 0.729. The minimum Gasteiger partial charge on any atom is -0.356 e. The van der Waals surface area contributed by atoms with Gasteiger partial charge in [0, 0.05) is 19.5 Å². The SMILES string of the molecule is O=C(CCCNC(=O)c1cccs1)NCCc1cccc(F)c1. The average molecular weight is 334 g/mol. The predicted octanol–water partition coefficient (Wildman–Crippen LogP) is 2.76. The maximum absolute atomic E-state index is 13.0. The zero-order valence-corrected chi connectivity index (χ0v) is 13.5. The number of benzene rings is 1. The summed E-state index contributed by atoms with van der Waals surface area (Å²) in [6.07, 6.45) is 1.54. The second-order valence-corrected chi connectivity index (χ2v) is 6.01. The monoisotopic (exact) mass is 334 g/mol. The molecule has 0 aliphatic heterocycles. The third-order valence-corrected chi connectivity index (χ3v) is 4.10. The number of rotatable bonds is 8. The molecule has 0 saturated carbocycles. The van der Waals surface area contributed by atoms with Crippen LogP contribution in [-0.4, -0.2) is 24.9 Å². The molecule has 0 unspecified atom stereocenters. The Morgan fingerprint density at radius 2 is 1.96 bits per heavy atom. The summed E-state index contributed by atoms with van der Waals surface area (Å²) < 4.78 is 13.0. The Hall–Kier alpha value is -2.21. The van der Waals surface area contributed by atoms with Gasteiger partial charge < -0.3 is 10.6 Å². The second kappa shape index (κ2) is 9.05. The highest BCUT2D eigenvalue weighted by molar-refractivity contribution is 7.12. The molecule has 2 rings (SSSR count). The highest BCUT2D eigenvalue weighted by Gasteiger charge is 2.06. The lowest BCUT2D eigenvalue weighted by atomic mass is 10.1. The van der Waals surface area contributed by atoms with Crippen LogP contribution >= 0.6 is 11.3 Å². The first-order valence-corrected chi connectivity index (χ1v) is 8.36. The smallest absolute Gasteiger partial charge is 0.261 e. The maximum atomic E-state index is 13.0. The van der Waals surface area contributed by atoms with E-state index in [2.05, 4.69) is 10.6 Å². The van der Waals surface area contributed by atoms with E-state index >= 15 is 0 Å². The molecule has 0 aliphatic carbocycles. The summed E-state index contributed by atoms with van der Waals surface area (Å²) in [5.74, 6) is -0.436. The van der Waals surface area contributed by atoms with Gasteiger partial charge in [-0.3, -0.25) is 9.59 Å². The fraction of sp³-hybridized carbons (Fsp3) is 0.294. The summed E-state index contributed by atoms with van der Waals surface area (Å²) in [7, 11) is 0. The van der Waals surface area contributed by atoms with Crippen LogP contribution in [0.3, 0.4) is 0 Å². The zero-order valence-electron chi connectivity index (χ0n) is 12.7. The molecule has 4 nitrogen and oxygen atoms in total. The molecule has 2 N–H and O–H groups in total. The van der Waals surface area contributed by atoms with Gasteiger partial charge in [-0.1, -0.05) is 18.2 Å². The molecule has 6 heteroatoms. The van der Waals surface area contributed by atoms with Gasteiger partial charge >= 0.3 is 0 Å². The molecule has 23 heavy (non-hydrogen) atoms. The molecule has 0 aliphatic rings. The third-order valence-electron chi connectivity index (χ3n) is 3.24. The average Bonchev–Trinajstić information content (AvgIpc) is 3.06. The van der Waals surface area contributed by atoms with E-state index in [-0.39, 0.29) is 17.6 Å². The predicted molar refractivity (Wildman–Crippen MR) is 89.0 cm³/mol. The van der Waals surface area contributed by atoms with E-state index in [1.54, 1.807) is 12.1 Å². The van der Waals surface area contributed by atoms with Gasteiger partial charge in [0.1, 0.15) is 5.82 Å². The highest BCUT2D eigenvalue weighted by Crippen LogP contribution is 2.07. The summed E-state index contributed by atoms with van der Waals surface area (Å²) in [4.78, 5) is 24.0. The number of halogens is 1. The molecule has 2 aromatic rings. The molecule has 0 atom stereocenters. The van der Waals surface area contributed by atoms with Crippen LogP contribution in [0.25, 0.3) is 0 Å². The van der Waals surface area contributed by atoms with Gasteiger partial charge in [-0.15, -0.1) is 11.3 Å². The summed E-state index contributed by atoms with van der Waals surface area (Å²) >= 11 is 1.39. The fourth-order valence-corrected chi connectivity index (χ4v) is 2.71. The first kappa shape index (κ1) is 17.1. The molecule has 0 saturated heterocycles. The molecule has 0 spiro atoms. The molecule has 0 bridgehead atoms. The van der Waals surface area contributed by atoms with E-state index in [1.165, 1.54) is 23.5 Å². The number of nitrogens with one attached hydrogen (secondary N) is 2. The molecule has 122 valence electrons. The van der Waals surface area contributed by atoms with E-state index in [9.17, 15) is 14.0 Å². The molecule has 2 amide bonds. The van der Waals surface area contributed by atoms with E-state index in [0.29, 0.717) is 37.2 Å². The Morgan fingerprint density at radius 1 is 1.09 bits per heavy atom. The maximum Gasteiger partial charge on any atom is 0.261 e. The minimum absolute atomic E-state index is 0.0632. The van der Waals surface area contributed by atoms with E-state index in [0.717, 1.165) is 5.56 Å². The first-order valence-electron chi connectivity index (χ1n) is 7.48. The van der Waals surface area contributed by atoms with Crippen molar-refractivity contribution in [2.24, 2.45) is 0 Å². The Labute approximate surface area is 138 Å². The van der Waals surface area contributed by atoms with Crippen LogP contribution in [0.15, 0.2) is 41.8 Å². The van der Waals surface area contributed by atoms with Crippen molar-refractivity contribution >= 4 is 23.2 Å². The number of hydrogen-bond donors (Lipinski definition) is 2. The van der Waals surface area contributed by atoms with E-state index in [4.69, 9.17) is 0 Å². The summed E-state index contributed by atoms with van der Waals surface area (Å²) in [6, 6.07) is 9.93. The molecular weight excluding hydrogens is 315 g/mol. The van der Waals surface area contributed by atoms with E-state index in [1.807, 2.05) is 17.5 Å². The van der Waals surface area contributed by atoms with Crippen molar-refractivity contribution in [2.75, 3.05) is 13.1 Å². The second-order valence-electron chi connectivity index (χ2n) is 5.07. The first-order chi connectivity index (χ1) is 11.1. The molecular formula is C17H19FN2O2S. The van der Waals surface area contributed by atoms with Crippen molar-refractivity contribution in [3.63, 3.8) is 0 Å². The Morgan fingerprint density at radius 3 is 2.70 bits per heavy atom. The van der Waals surface area contributed by atoms with Gasteiger partial charge in [-0.25, -0.2) is 4.39 Å². The largest absolute Gasteiger partial charge is 0.356 e. The van der Waals surface area contributed by atoms with Crippen molar-refractivity contribution in [1.29, 1.82) is 0 Å². The molecule has 1 heterocycles. The van der Waals surface area contributed by atoms with Gasteiger partial charge in [0.05, 0.1) is 4.88 Å². The Kier molecular flexibility index (Phi) is 6.75. The number of hydrogen-bond acceptors (Lipinski definition) is 3. The Balaban J connectivity index is 1.56. The van der Waals surface area contributed by atoms with Crippen LogP contribution in [0, 0.1) is 5.82 Å². The van der Waals surface area contributed by atoms with Crippen molar-refractivity contribution in [1.82, 2.24) is 10.6 Å². The van der Waals surface area contributed by atoms with E-state index < -0.39 is 0 Å². The zero-order chi connectivity index (χ0) is 16.5. The van der Waals surface area contributed by atoms with Crippen LogP contribution in [0.2, 0.25) is 0 Å². The fourth-order valence-electron chi connectivity index (χ4n) is 2.07. The minimum atomic E-state index is -0.268. The van der Waals surface area contributed by atoms with Crippen LogP contribution in [0.5, 0.6) is 0 Å².